The molecule has 0 radical (unpaired) electrons. The van der Waals surface area contributed by atoms with Crippen LogP contribution in [0.15, 0.2) is 41.2 Å². The molecule has 0 aliphatic carbocycles. The molecule has 1 atom stereocenters. The first-order chi connectivity index (χ1) is 13.2. The van der Waals surface area contributed by atoms with E-state index >= 15 is 0 Å². The average Bonchev–Trinajstić information content (AvgIpc) is 2.74. The van der Waals surface area contributed by atoms with Gasteiger partial charge < -0.3 is 15.1 Å². The Balaban J connectivity index is 1.49. The Bertz CT molecular complexity index is 837. The highest BCUT2D eigenvalue weighted by molar-refractivity contribution is 5.80. The molecule has 7 heteroatoms. The molecule has 142 valence electrons. The van der Waals surface area contributed by atoms with Crippen LogP contribution in [0.25, 0.3) is 11.3 Å². The monoisotopic (exact) mass is 367 g/mol. The minimum absolute atomic E-state index is 0.103. The average molecular weight is 367 g/mol. The van der Waals surface area contributed by atoms with Gasteiger partial charge in [0.15, 0.2) is 0 Å². The van der Waals surface area contributed by atoms with Gasteiger partial charge in [-0.05, 0) is 19.4 Å². The number of piperazine rings is 1. The zero-order valence-electron chi connectivity index (χ0n) is 15.4. The quantitative estimate of drug-likeness (QED) is 0.849. The Morgan fingerprint density at radius 1 is 1.11 bits per heavy atom. The minimum atomic E-state index is -0.212. The minimum Gasteiger partial charge on any atom is -0.366 e. The predicted octanol–water partition coefficient (Wildman–Crippen LogP) is 1.09. The van der Waals surface area contributed by atoms with Crippen molar-refractivity contribution in [3.63, 3.8) is 0 Å². The maximum Gasteiger partial charge on any atom is 0.266 e. The third-order valence-electron chi connectivity index (χ3n) is 5.41. The zero-order chi connectivity index (χ0) is 18.6. The van der Waals surface area contributed by atoms with E-state index in [-0.39, 0.29) is 17.4 Å². The standard InChI is InChI=1S/C20H25N5O2/c26-18-13-17(19(23-22-18)15-5-2-1-3-6-15)24-9-11-25(12-10-24)20(27)16-7-4-8-21-14-16/h1-3,5-6,13,16,21H,4,7-12,14H2,(H,22,26)/t16-/m0/s1. The summed E-state index contributed by atoms with van der Waals surface area (Å²) in [4.78, 5) is 28.7. The first kappa shape index (κ1) is 17.7. The van der Waals surface area contributed by atoms with Crippen LogP contribution < -0.4 is 15.8 Å². The van der Waals surface area contributed by atoms with Crippen LogP contribution in [0.4, 0.5) is 5.69 Å². The predicted molar refractivity (Wildman–Crippen MR) is 105 cm³/mol. The summed E-state index contributed by atoms with van der Waals surface area (Å²) in [7, 11) is 0. The molecule has 2 N–H and O–H groups in total. The van der Waals surface area contributed by atoms with Crippen molar-refractivity contribution in [3.8, 4) is 11.3 Å². The lowest BCUT2D eigenvalue weighted by molar-refractivity contribution is -0.136. The normalized spacial score (nSPS) is 20.5. The molecule has 1 aromatic heterocycles. The highest BCUT2D eigenvalue weighted by atomic mass is 16.2. The molecule has 3 heterocycles. The number of benzene rings is 1. The second-order valence-electron chi connectivity index (χ2n) is 7.19. The second kappa shape index (κ2) is 7.92. The third-order valence-corrected chi connectivity index (χ3v) is 5.41. The van der Waals surface area contributed by atoms with Crippen LogP contribution in [0.2, 0.25) is 0 Å². The highest BCUT2D eigenvalue weighted by Gasteiger charge is 2.29. The number of H-pyrrole nitrogens is 1. The van der Waals surface area contributed by atoms with E-state index in [2.05, 4.69) is 20.4 Å². The van der Waals surface area contributed by atoms with Gasteiger partial charge in [0, 0.05) is 44.4 Å². The van der Waals surface area contributed by atoms with E-state index in [0.29, 0.717) is 26.2 Å². The number of hydrogen-bond donors (Lipinski definition) is 2. The molecule has 0 bridgehead atoms. The van der Waals surface area contributed by atoms with Crippen LogP contribution in [-0.4, -0.2) is 60.3 Å². The third kappa shape index (κ3) is 3.88. The fourth-order valence-corrected chi connectivity index (χ4v) is 3.93. The molecule has 2 saturated heterocycles. The van der Waals surface area contributed by atoms with Crippen molar-refractivity contribution in [2.45, 2.75) is 12.8 Å². The molecule has 2 aliphatic heterocycles. The van der Waals surface area contributed by atoms with Gasteiger partial charge in [-0.3, -0.25) is 9.59 Å². The number of nitrogens with zero attached hydrogens (tertiary/aromatic N) is 3. The fraction of sp³-hybridized carbons (Fsp3) is 0.450. The number of nitrogens with one attached hydrogen (secondary N) is 2. The van der Waals surface area contributed by atoms with Crippen molar-refractivity contribution >= 4 is 11.6 Å². The number of piperidine rings is 1. The summed E-state index contributed by atoms with van der Waals surface area (Å²) in [5.74, 6) is 0.362. The van der Waals surface area contributed by atoms with E-state index in [9.17, 15) is 9.59 Å². The van der Waals surface area contributed by atoms with E-state index in [0.717, 1.165) is 42.9 Å². The van der Waals surface area contributed by atoms with Crippen molar-refractivity contribution in [1.29, 1.82) is 0 Å². The number of hydrogen-bond acceptors (Lipinski definition) is 5. The van der Waals surface area contributed by atoms with E-state index in [1.807, 2.05) is 35.2 Å². The summed E-state index contributed by atoms with van der Waals surface area (Å²) in [5.41, 5.74) is 2.36. The van der Waals surface area contributed by atoms with Crippen molar-refractivity contribution in [2.75, 3.05) is 44.2 Å². The van der Waals surface area contributed by atoms with E-state index in [4.69, 9.17) is 0 Å². The Morgan fingerprint density at radius 3 is 2.59 bits per heavy atom. The fourth-order valence-electron chi connectivity index (χ4n) is 3.93. The molecule has 27 heavy (non-hydrogen) atoms. The van der Waals surface area contributed by atoms with Crippen molar-refractivity contribution < 1.29 is 4.79 Å². The lowest BCUT2D eigenvalue weighted by atomic mass is 9.98. The number of carbonyl (C=O) groups excluding carboxylic acids is 1. The number of aromatic nitrogens is 2. The second-order valence-corrected chi connectivity index (χ2v) is 7.19. The summed E-state index contributed by atoms with van der Waals surface area (Å²) in [6.07, 6.45) is 2.04. The van der Waals surface area contributed by atoms with Crippen molar-refractivity contribution in [1.82, 2.24) is 20.4 Å². The van der Waals surface area contributed by atoms with Gasteiger partial charge in [0.25, 0.3) is 5.56 Å². The number of carbonyl (C=O) groups is 1. The van der Waals surface area contributed by atoms with Gasteiger partial charge in [0.2, 0.25) is 5.91 Å². The Kier molecular flexibility index (Phi) is 5.20. The van der Waals surface area contributed by atoms with Crippen LogP contribution in [0.3, 0.4) is 0 Å². The van der Waals surface area contributed by atoms with Gasteiger partial charge in [-0.15, -0.1) is 0 Å². The molecule has 0 spiro atoms. The summed E-state index contributed by atoms with van der Waals surface area (Å²) in [6.45, 7) is 4.56. The summed E-state index contributed by atoms with van der Waals surface area (Å²) < 4.78 is 0. The van der Waals surface area contributed by atoms with Gasteiger partial charge >= 0.3 is 0 Å². The Labute approximate surface area is 158 Å². The van der Waals surface area contributed by atoms with Gasteiger partial charge in [-0.25, -0.2) is 5.10 Å². The van der Waals surface area contributed by atoms with Crippen LogP contribution in [0.1, 0.15) is 12.8 Å². The molecular weight excluding hydrogens is 342 g/mol. The molecular formula is C20H25N5O2. The van der Waals surface area contributed by atoms with E-state index in [1.165, 1.54) is 0 Å². The van der Waals surface area contributed by atoms with Crippen LogP contribution >= 0.6 is 0 Å². The molecule has 4 rings (SSSR count). The van der Waals surface area contributed by atoms with Gasteiger partial charge in [0.05, 0.1) is 11.6 Å². The smallest absolute Gasteiger partial charge is 0.266 e. The molecule has 2 fully saturated rings. The summed E-state index contributed by atoms with van der Waals surface area (Å²) in [5, 5.41) is 10.1. The van der Waals surface area contributed by atoms with E-state index < -0.39 is 0 Å². The summed E-state index contributed by atoms with van der Waals surface area (Å²) in [6, 6.07) is 11.5. The molecule has 2 aliphatic rings. The number of aromatic amines is 1. The topological polar surface area (TPSA) is 81.3 Å². The molecule has 1 aromatic carbocycles. The van der Waals surface area contributed by atoms with Crippen molar-refractivity contribution in [2.24, 2.45) is 5.92 Å². The number of rotatable bonds is 3. The van der Waals surface area contributed by atoms with Gasteiger partial charge in [0.1, 0.15) is 5.69 Å². The Morgan fingerprint density at radius 2 is 1.89 bits per heavy atom. The van der Waals surface area contributed by atoms with Gasteiger partial charge in [-0.1, -0.05) is 30.3 Å². The molecule has 1 amide bonds. The number of anilines is 1. The van der Waals surface area contributed by atoms with Crippen LogP contribution in [-0.2, 0) is 4.79 Å². The highest BCUT2D eigenvalue weighted by Crippen LogP contribution is 2.28. The van der Waals surface area contributed by atoms with Gasteiger partial charge in [-0.2, -0.15) is 5.10 Å². The maximum absolute atomic E-state index is 12.7. The molecule has 0 saturated carbocycles. The molecule has 2 aromatic rings. The van der Waals surface area contributed by atoms with Crippen LogP contribution in [0.5, 0.6) is 0 Å². The lowest BCUT2D eigenvalue weighted by Crippen LogP contribution is -2.52. The Hall–Kier alpha value is -2.67. The SMILES string of the molecule is O=C([C@H]1CCCNC1)N1CCN(c2cc(=O)[nH]nc2-c2ccccc2)CC1. The zero-order valence-corrected chi connectivity index (χ0v) is 15.4. The molecule has 0 unspecified atom stereocenters. The van der Waals surface area contributed by atoms with Crippen molar-refractivity contribution in [3.05, 3.63) is 46.8 Å². The van der Waals surface area contributed by atoms with Crippen LogP contribution in [0, 0.1) is 5.92 Å². The summed E-state index contributed by atoms with van der Waals surface area (Å²) >= 11 is 0. The maximum atomic E-state index is 12.7. The first-order valence-corrected chi connectivity index (χ1v) is 9.62. The van der Waals surface area contributed by atoms with E-state index in [1.54, 1.807) is 6.07 Å². The first-order valence-electron chi connectivity index (χ1n) is 9.62. The number of amides is 1. The lowest BCUT2D eigenvalue weighted by Gasteiger charge is -2.38. The molecule has 7 nitrogen and oxygen atoms in total. The largest absolute Gasteiger partial charge is 0.366 e.